The first-order valence-corrected chi connectivity index (χ1v) is 13.3. The fourth-order valence-corrected chi connectivity index (χ4v) is 7.13. The maximum Gasteiger partial charge on any atom is 0.331 e. The van der Waals surface area contributed by atoms with Gasteiger partial charge in [0.2, 0.25) is 0 Å². The van der Waals surface area contributed by atoms with E-state index in [9.17, 15) is 9.67 Å². The van der Waals surface area contributed by atoms with Gasteiger partial charge in [-0.25, -0.2) is 0 Å². The first-order chi connectivity index (χ1) is 14.9. The Morgan fingerprint density at radius 3 is 2.25 bits per heavy atom. The van der Waals surface area contributed by atoms with Crippen LogP contribution in [0.5, 0.6) is 0 Å². The summed E-state index contributed by atoms with van der Waals surface area (Å²) in [6.45, 7) is 11.9. The van der Waals surface area contributed by atoms with E-state index in [1.165, 1.54) is 0 Å². The lowest BCUT2D eigenvalue weighted by Gasteiger charge is -2.45. The summed E-state index contributed by atoms with van der Waals surface area (Å²) in [6, 6.07) is 9.85. The molecule has 4 atom stereocenters. The monoisotopic (exact) mass is 470 g/mol. The lowest BCUT2D eigenvalue weighted by molar-refractivity contribution is -0.199. The Balaban J connectivity index is 1.82. The van der Waals surface area contributed by atoms with Gasteiger partial charge in [-0.2, -0.15) is 0 Å². The molecule has 0 bridgehead atoms. The van der Waals surface area contributed by atoms with Crippen molar-refractivity contribution < 1.29 is 32.9 Å². The SMILES string of the molecule is CC(C)OP(=O)(C[C@H]1C[C@@]2(COC(C)(C)O2)C[C@@H](OCc2ccccc2)[C@@H]1O)OC(C)C. The summed E-state index contributed by atoms with van der Waals surface area (Å²) in [5, 5.41) is 11.3. The van der Waals surface area contributed by atoms with E-state index in [1.807, 2.05) is 71.9 Å². The van der Waals surface area contributed by atoms with Gasteiger partial charge in [-0.05, 0) is 53.5 Å². The van der Waals surface area contributed by atoms with Crippen LogP contribution >= 0.6 is 7.60 Å². The molecule has 1 aliphatic carbocycles. The summed E-state index contributed by atoms with van der Waals surface area (Å²) in [5.41, 5.74) is 0.409. The Labute approximate surface area is 192 Å². The standard InChI is InChI=1S/C24H39O7P/c1-17(2)29-32(26,30-18(3)4)15-20-12-24(16-28-23(5,6)31-24)13-21(22(20)25)27-14-19-10-8-7-9-11-19/h7-11,17-18,20-22,25H,12-16H2,1-6H3/t20-,21-,22-,24+/m1/s1. The molecular formula is C24H39O7P. The molecule has 1 N–H and O–H groups in total. The minimum atomic E-state index is -3.44. The number of rotatable bonds is 9. The average Bonchev–Trinajstić information content (AvgIpc) is 2.96. The largest absolute Gasteiger partial charge is 0.390 e. The van der Waals surface area contributed by atoms with Crippen molar-refractivity contribution in [2.45, 2.75) is 96.8 Å². The molecule has 0 unspecified atom stereocenters. The van der Waals surface area contributed by atoms with E-state index in [0.717, 1.165) is 5.56 Å². The van der Waals surface area contributed by atoms with Crippen LogP contribution in [0.4, 0.5) is 0 Å². The van der Waals surface area contributed by atoms with Crippen LogP contribution in [0.2, 0.25) is 0 Å². The molecule has 1 saturated carbocycles. The van der Waals surface area contributed by atoms with Gasteiger partial charge in [0.05, 0.1) is 49.4 Å². The second-order valence-corrected chi connectivity index (χ2v) is 12.1. The number of aliphatic hydroxyl groups is 1. The zero-order valence-corrected chi connectivity index (χ0v) is 21.0. The zero-order valence-electron chi connectivity index (χ0n) is 20.2. The Hall–Kier alpha value is -0.790. The molecule has 2 fully saturated rings. The van der Waals surface area contributed by atoms with Crippen LogP contribution in [0.15, 0.2) is 30.3 Å². The van der Waals surface area contributed by atoms with Crippen LogP contribution in [0, 0.1) is 5.92 Å². The smallest absolute Gasteiger partial charge is 0.331 e. The molecule has 0 radical (unpaired) electrons. The van der Waals surface area contributed by atoms with E-state index in [0.29, 0.717) is 26.1 Å². The fraction of sp³-hybridized carbons (Fsp3) is 0.750. The first kappa shape index (κ1) is 25.8. The minimum absolute atomic E-state index is 0.0985. The highest BCUT2D eigenvalue weighted by Gasteiger charge is 2.55. The summed E-state index contributed by atoms with van der Waals surface area (Å²) >= 11 is 0. The van der Waals surface area contributed by atoms with Crippen LogP contribution in [-0.4, -0.2) is 53.7 Å². The van der Waals surface area contributed by atoms with Crippen LogP contribution in [0.1, 0.15) is 59.9 Å². The molecule has 1 saturated heterocycles. The molecule has 182 valence electrons. The fourth-order valence-electron chi connectivity index (χ4n) is 4.71. The quantitative estimate of drug-likeness (QED) is 0.514. The Kier molecular flexibility index (Phi) is 8.25. The van der Waals surface area contributed by atoms with E-state index in [-0.39, 0.29) is 24.3 Å². The molecule has 3 rings (SSSR count). The van der Waals surface area contributed by atoms with Crippen molar-refractivity contribution in [2.75, 3.05) is 12.8 Å². The van der Waals surface area contributed by atoms with Crippen molar-refractivity contribution >= 4 is 7.60 Å². The second kappa shape index (κ2) is 10.2. The highest BCUT2D eigenvalue weighted by molar-refractivity contribution is 7.53. The minimum Gasteiger partial charge on any atom is -0.390 e. The van der Waals surface area contributed by atoms with Gasteiger partial charge >= 0.3 is 7.60 Å². The molecule has 1 aromatic rings. The average molecular weight is 471 g/mol. The van der Waals surface area contributed by atoms with Gasteiger partial charge in [-0.15, -0.1) is 0 Å². The van der Waals surface area contributed by atoms with Crippen LogP contribution < -0.4 is 0 Å². The summed E-state index contributed by atoms with van der Waals surface area (Å²) in [6.07, 6.45) is -0.735. The summed E-state index contributed by atoms with van der Waals surface area (Å²) < 4.78 is 43.5. The van der Waals surface area contributed by atoms with Crippen molar-refractivity contribution in [1.29, 1.82) is 0 Å². The van der Waals surface area contributed by atoms with Crippen molar-refractivity contribution in [3.8, 4) is 0 Å². The van der Waals surface area contributed by atoms with Crippen molar-refractivity contribution in [3.05, 3.63) is 35.9 Å². The van der Waals surface area contributed by atoms with E-state index in [1.54, 1.807) is 0 Å². The van der Waals surface area contributed by atoms with Gasteiger partial charge < -0.3 is 28.4 Å². The maximum absolute atomic E-state index is 13.6. The maximum atomic E-state index is 13.6. The molecular weight excluding hydrogens is 431 g/mol. The van der Waals surface area contributed by atoms with Crippen molar-refractivity contribution in [3.63, 3.8) is 0 Å². The predicted molar refractivity (Wildman–Crippen MR) is 123 cm³/mol. The Bertz CT molecular complexity index is 768. The lowest BCUT2D eigenvalue weighted by atomic mass is 9.75. The van der Waals surface area contributed by atoms with E-state index in [2.05, 4.69) is 0 Å². The number of benzene rings is 1. The predicted octanol–water partition coefficient (Wildman–Crippen LogP) is 4.91. The Morgan fingerprint density at radius 1 is 1.09 bits per heavy atom. The summed E-state index contributed by atoms with van der Waals surface area (Å²) in [5.74, 6) is -1.10. The normalized spacial score (nSPS) is 30.5. The molecule has 0 aromatic heterocycles. The van der Waals surface area contributed by atoms with Crippen molar-refractivity contribution in [2.24, 2.45) is 5.92 Å². The number of aliphatic hydroxyl groups excluding tert-OH is 1. The molecule has 2 aliphatic rings. The highest BCUT2D eigenvalue weighted by Crippen LogP contribution is 2.55. The summed E-state index contributed by atoms with van der Waals surface area (Å²) in [7, 11) is -3.44. The molecule has 1 heterocycles. The van der Waals surface area contributed by atoms with Gasteiger partial charge in [0, 0.05) is 12.3 Å². The van der Waals surface area contributed by atoms with Crippen LogP contribution in [0.25, 0.3) is 0 Å². The van der Waals surface area contributed by atoms with E-state index >= 15 is 0 Å². The molecule has 32 heavy (non-hydrogen) atoms. The Morgan fingerprint density at radius 2 is 1.72 bits per heavy atom. The number of hydrogen-bond acceptors (Lipinski definition) is 7. The third-order valence-electron chi connectivity index (χ3n) is 5.72. The first-order valence-electron chi connectivity index (χ1n) is 11.5. The third-order valence-corrected chi connectivity index (χ3v) is 8.13. The van der Waals surface area contributed by atoms with Gasteiger partial charge in [-0.1, -0.05) is 30.3 Å². The van der Waals surface area contributed by atoms with Crippen LogP contribution in [-0.2, 0) is 34.4 Å². The lowest BCUT2D eigenvalue weighted by Crippen LogP contribution is -2.53. The zero-order chi connectivity index (χ0) is 23.6. The van der Waals surface area contributed by atoms with Crippen molar-refractivity contribution in [1.82, 2.24) is 0 Å². The summed E-state index contributed by atoms with van der Waals surface area (Å²) in [4.78, 5) is 0. The molecule has 1 spiro atoms. The molecule has 7 nitrogen and oxygen atoms in total. The molecule has 8 heteroatoms. The topological polar surface area (TPSA) is 83.5 Å². The van der Waals surface area contributed by atoms with Crippen LogP contribution in [0.3, 0.4) is 0 Å². The number of hydrogen-bond donors (Lipinski definition) is 1. The van der Waals surface area contributed by atoms with Gasteiger partial charge in [0.25, 0.3) is 0 Å². The van der Waals surface area contributed by atoms with Gasteiger partial charge in [0.1, 0.15) is 0 Å². The number of ether oxygens (including phenoxy) is 3. The highest BCUT2D eigenvalue weighted by atomic mass is 31.2. The third kappa shape index (κ3) is 6.86. The van der Waals surface area contributed by atoms with E-state index in [4.69, 9.17) is 23.3 Å². The van der Waals surface area contributed by atoms with Gasteiger partial charge in [-0.3, -0.25) is 4.57 Å². The second-order valence-electron chi connectivity index (χ2n) is 10.1. The molecule has 1 aromatic carbocycles. The molecule has 0 amide bonds. The van der Waals surface area contributed by atoms with Gasteiger partial charge in [0.15, 0.2) is 5.79 Å². The van der Waals surface area contributed by atoms with E-state index < -0.39 is 31.2 Å². The molecule has 1 aliphatic heterocycles.